The van der Waals surface area contributed by atoms with E-state index in [9.17, 15) is 23.5 Å². The predicted octanol–water partition coefficient (Wildman–Crippen LogP) is 2.72. The number of carbonyl (C=O) groups is 1. The van der Waals surface area contributed by atoms with Gasteiger partial charge in [-0.05, 0) is 30.9 Å². The minimum absolute atomic E-state index is 0.0610. The predicted molar refractivity (Wildman–Crippen MR) is 118 cm³/mol. The topological polar surface area (TPSA) is 91.6 Å². The summed E-state index contributed by atoms with van der Waals surface area (Å²) in [6.07, 6.45) is 2.30. The summed E-state index contributed by atoms with van der Waals surface area (Å²) in [5.74, 6) is -2.15. The van der Waals surface area contributed by atoms with Gasteiger partial charge in [-0.25, -0.2) is 8.78 Å². The number of aromatic hydroxyl groups is 1. The summed E-state index contributed by atoms with van der Waals surface area (Å²) >= 11 is 1.08. The Labute approximate surface area is 191 Å². The van der Waals surface area contributed by atoms with Gasteiger partial charge in [0, 0.05) is 31.8 Å². The molecule has 0 radical (unpaired) electrons. The van der Waals surface area contributed by atoms with Crippen LogP contribution in [0.1, 0.15) is 41.3 Å². The fourth-order valence-corrected chi connectivity index (χ4v) is 5.48. The lowest BCUT2D eigenvalue weighted by molar-refractivity contribution is 0.0560. The number of nitrogens with zero attached hydrogens (tertiary/aromatic N) is 5. The molecule has 1 aromatic carbocycles. The van der Waals surface area contributed by atoms with Gasteiger partial charge in [0.15, 0.2) is 16.5 Å². The molecule has 1 N–H and O–H groups in total. The van der Waals surface area contributed by atoms with Crippen molar-refractivity contribution in [2.45, 2.75) is 32.9 Å². The van der Waals surface area contributed by atoms with Crippen molar-refractivity contribution >= 4 is 17.2 Å². The van der Waals surface area contributed by atoms with E-state index in [0.717, 1.165) is 23.8 Å². The van der Waals surface area contributed by atoms with Gasteiger partial charge in [-0.15, -0.1) is 10.2 Å². The van der Waals surface area contributed by atoms with Crippen molar-refractivity contribution in [3.63, 3.8) is 0 Å². The number of rotatable bonds is 4. The molecule has 0 unspecified atom stereocenters. The Morgan fingerprint density at radius 2 is 2.03 bits per heavy atom. The Bertz CT molecular complexity index is 1320. The molecule has 0 spiro atoms. The zero-order valence-electron chi connectivity index (χ0n) is 18.0. The molecule has 8 nitrogen and oxygen atoms in total. The van der Waals surface area contributed by atoms with Crippen molar-refractivity contribution in [2.75, 3.05) is 18.1 Å². The maximum atomic E-state index is 14.0. The van der Waals surface area contributed by atoms with Crippen LogP contribution in [0.15, 0.2) is 29.2 Å². The molecule has 3 aromatic rings. The highest BCUT2D eigenvalue weighted by atomic mass is 32.1. The third-order valence-electron chi connectivity index (χ3n) is 6.25. The van der Waals surface area contributed by atoms with E-state index in [4.69, 9.17) is 0 Å². The molecule has 4 heterocycles. The van der Waals surface area contributed by atoms with Crippen LogP contribution < -0.4 is 10.4 Å². The molecule has 0 aliphatic carbocycles. The van der Waals surface area contributed by atoms with Crippen LogP contribution in [0.25, 0.3) is 10.6 Å². The van der Waals surface area contributed by atoms with E-state index in [0.29, 0.717) is 18.1 Å². The number of hydrogen-bond acceptors (Lipinski definition) is 7. The van der Waals surface area contributed by atoms with E-state index in [1.807, 2.05) is 11.9 Å². The second-order valence-electron chi connectivity index (χ2n) is 8.26. The minimum Gasteiger partial charge on any atom is -0.502 e. The molecule has 172 valence electrons. The van der Waals surface area contributed by atoms with Gasteiger partial charge in [-0.3, -0.25) is 19.3 Å². The fraction of sp³-hybridized carbons (Fsp3) is 0.364. The maximum Gasteiger partial charge on any atom is 0.278 e. The Morgan fingerprint density at radius 3 is 2.76 bits per heavy atom. The van der Waals surface area contributed by atoms with Crippen LogP contribution >= 0.6 is 11.3 Å². The number of hydrogen-bond donors (Lipinski definition) is 1. The summed E-state index contributed by atoms with van der Waals surface area (Å²) < 4.78 is 28.7. The summed E-state index contributed by atoms with van der Waals surface area (Å²) in [6.45, 7) is 5.06. The third kappa shape index (κ3) is 3.38. The van der Waals surface area contributed by atoms with Crippen LogP contribution in [0.4, 0.5) is 8.78 Å². The van der Waals surface area contributed by atoms with Crippen molar-refractivity contribution in [3.8, 4) is 16.3 Å². The Kier molecular flexibility index (Phi) is 5.15. The maximum absolute atomic E-state index is 14.0. The van der Waals surface area contributed by atoms with Crippen LogP contribution in [-0.4, -0.2) is 50.0 Å². The molecular weight excluding hydrogens is 452 g/mol. The van der Waals surface area contributed by atoms with Gasteiger partial charge in [0.1, 0.15) is 22.8 Å². The number of amides is 1. The molecule has 2 aliphatic heterocycles. The molecule has 1 fully saturated rings. The van der Waals surface area contributed by atoms with E-state index in [2.05, 4.69) is 17.1 Å². The molecule has 2 aliphatic rings. The number of benzene rings is 1. The van der Waals surface area contributed by atoms with Crippen molar-refractivity contribution in [2.24, 2.45) is 5.92 Å². The number of fused-ring (bicyclic) bond motifs is 3. The average molecular weight is 474 g/mol. The van der Waals surface area contributed by atoms with E-state index in [1.54, 1.807) is 9.58 Å². The van der Waals surface area contributed by atoms with Gasteiger partial charge in [0.25, 0.3) is 5.91 Å². The quantitative estimate of drug-likeness (QED) is 0.627. The van der Waals surface area contributed by atoms with Gasteiger partial charge in [0.05, 0.1) is 5.56 Å². The summed E-state index contributed by atoms with van der Waals surface area (Å²) in [5.41, 5.74) is -0.417. The second kappa shape index (κ2) is 7.91. The molecule has 1 amide bonds. The first kappa shape index (κ1) is 21.5. The lowest BCUT2D eigenvalue weighted by Gasteiger charge is -2.44. The first-order chi connectivity index (χ1) is 15.8. The van der Waals surface area contributed by atoms with Crippen LogP contribution in [0.3, 0.4) is 0 Å². The molecule has 33 heavy (non-hydrogen) atoms. The van der Waals surface area contributed by atoms with E-state index < -0.39 is 28.7 Å². The zero-order valence-corrected chi connectivity index (χ0v) is 18.8. The largest absolute Gasteiger partial charge is 0.502 e. The van der Waals surface area contributed by atoms with E-state index in [-0.39, 0.29) is 40.3 Å². The fourth-order valence-electron chi connectivity index (χ4n) is 4.61. The molecule has 0 saturated carbocycles. The van der Waals surface area contributed by atoms with Crippen molar-refractivity contribution in [3.05, 3.63) is 62.5 Å². The van der Waals surface area contributed by atoms with Crippen molar-refractivity contribution in [1.82, 2.24) is 19.8 Å². The Hall–Kier alpha value is -3.34. The number of pyridine rings is 1. The number of halogens is 2. The highest BCUT2D eigenvalue weighted by molar-refractivity contribution is 7.14. The monoisotopic (exact) mass is 473 g/mol. The molecule has 5 rings (SSSR count). The number of carbonyl (C=O) groups excluding carboxylic acids is 1. The normalized spacial score (nSPS) is 19.7. The number of aromatic nitrogens is 3. The van der Waals surface area contributed by atoms with Gasteiger partial charge >= 0.3 is 0 Å². The third-order valence-corrected chi connectivity index (χ3v) is 7.20. The summed E-state index contributed by atoms with van der Waals surface area (Å²) in [5, 5.41) is 21.5. The first-order valence-corrected chi connectivity index (χ1v) is 11.4. The first-order valence-electron chi connectivity index (χ1n) is 10.6. The summed E-state index contributed by atoms with van der Waals surface area (Å²) in [6, 6.07) is 3.30. The van der Waals surface area contributed by atoms with Crippen LogP contribution in [-0.2, 0) is 6.42 Å². The van der Waals surface area contributed by atoms with Crippen LogP contribution in [0, 0.1) is 17.6 Å². The SMILES string of the molecule is CCN1C(=O)c2c(O)c(=O)c(-c3nnc(Cc4ccc(F)cc4F)s3)cn2N2CC[C@H](C)[C@@H]12. The zero-order chi connectivity index (χ0) is 23.4. The Balaban J connectivity index is 1.56. The van der Waals surface area contributed by atoms with E-state index >= 15 is 0 Å². The summed E-state index contributed by atoms with van der Waals surface area (Å²) in [4.78, 5) is 27.8. The minimum atomic E-state index is -0.716. The molecule has 11 heteroatoms. The van der Waals surface area contributed by atoms with E-state index in [1.165, 1.54) is 18.3 Å². The Morgan fingerprint density at radius 1 is 1.24 bits per heavy atom. The standard InChI is InChI=1S/C22H21F2N5O3S/c1-3-27-21-11(2)6-7-28(21)29-10-14(18(30)19(31)17(29)22(27)32)20-26-25-16(33-20)8-12-4-5-13(23)9-15(12)24/h4-5,9-11,21,31H,3,6-8H2,1-2H3/t11-,21-/m0/s1. The molecular formula is C22H21F2N5O3S. The average Bonchev–Trinajstić information content (AvgIpc) is 3.40. The van der Waals surface area contributed by atoms with Gasteiger partial charge in [-0.1, -0.05) is 24.3 Å². The van der Waals surface area contributed by atoms with Crippen LogP contribution in [0.5, 0.6) is 5.75 Å². The molecule has 2 atom stereocenters. The molecule has 1 saturated heterocycles. The smallest absolute Gasteiger partial charge is 0.278 e. The summed E-state index contributed by atoms with van der Waals surface area (Å²) in [7, 11) is 0. The van der Waals surface area contributed by atoms with Crippen molar-refractivity contribution in [1.29, 1.82) is 0 Å². The van der Waals surface area contributed by atoms with Crippen LogP contribution in [0.2, 0.25) is 0 Å². The lowest BCUT2D eigenvalue weighted by atomic mass is 10.1. The van der Waals surface area contributed by atoms with Crippen molar-refractivity contribution < 1.29 is 18.7 Å². The van der Waals surface area contributed by atoms with Gasteiger partial charge < -0.3 is 10.0 Å². The molecule has 2 aromatic heterocycles. The highest BCUT2D eigenvalue weighted by Crippen LogP contribution is 2.35. The highest BCUT2D eigenvalue weighted by Gasteiger charge is 2.45. The van der Waals surface area contributed by atoms with Gasteiger partial charge in [0.2, 0.25) is 5.43 Å². The lowest BCUT2D eigenvalue weighted by Crippen LogP contribution is -2.60. The molecule has 0 bridgehead atoms. The second-order valence-corrected chi connectivity index (χ2v) is 9.32. The van der Waals surface area contributed by atoms with Gasteiger partial charge in [-0.2, -0.15) is 0 Å².